The highest BCUT2D eigenvalue weighted by atomic mass is 16.2. The van der Waals surface area contributed by atoms with Gasteiger partial charge >= 0.3 is 0 Å². The van der Waals surface area contributed by atoms with E-state index in [1.807, 2.05) is 11.1 Å². The molecule has 7 heteroatoms. The topological polar surface area (TPSA) is 66.3 Å². The van der Waals surface area contributed by atoms with Crippen molar-refractivity contribution in [3.63, 3.8) is 0 Å². The van der Waals surface area contributed by atoms with Crippen molar-refractivity contribution in [2.75, 3.05) is 45.8 Å². The van der Waals surface area contributed by atoms with Gasteiger partial charge in [0.15, 0.2) is 5.69 Å². The van der Waals surface area contributed by atoms with Crippen molar-refractivity contribution in [2.45, 2.75) is 32.2 Å². The Bertz CT molecular complexity index is 798. The van der Waals surface area contributed by atoms with Gasteiger partial charge in [0.2, 0.25) is 0 Å². The van der Waals surface area contributed by atoms with E-state index in [2.05, 4.69) is 51.7 Å². The lowest BCUT2D eigenvalue weighted by molar-refractivity contribution is 0.0700. The van der Waals surface area contributed by atoms with Gasteiger partial charge in [0.25, 0.3) is 5.91 Å². The first-order chi connectivity index (χ1) is 13.7. The van der Waals surface area contributed by atoms with Gasteiger partial charge in [-0.3, -0.25) is 14.4 Å². The molecule has 2 aliphatic heterocycles. The zero-order chi connectivity index (χ0) is 19.3. The number of nitrogens with zero attached hydrogens (tertiary/aromatic N) is 5. The second kappa shape index (κ2) is 8.84. The van der Waals surface area contributed by atoms with E-state index in [1.165, 1.54) is 11.1 Å². The van der Waals surface area contributed by atoms with Crippen LogP contribution < -0.4 is 5.32 Å². The largest absolute Gasteiger partial charge is 0.337 e. The number of aryl methyl sites for hydroxylation is 1. The van der Waals surface area contributed by atoms with Crippen LogP contribution in [0.25, 0.3) is 0 Å². The molecule has 2 saturated heterocycles. The summed E-state index contributed by atoms with van der Waals surface area (Å²) in [4.78, 5) is 17.3. The molecule has 0 unspecified atom stereocenters. The number of nitrogens with one attached hydrogen (secondary N) is 1. The summed E-state index contributed by atoms with van der Waals surface area (Å²) in [6.45, 7) is 9.63. The molecule has 2 aromatic rings. The van der Waals surface area contributed by atoms with E-state index in [4.69, 9.17) is 0 Å². The van der Waals surface area contributed by atoms with E-state index in [-0.39, 0.29) is 5.91 Å². The third-order valence-corrected chi connectivity index (χ3v) is 5.95. The Morgan fingerprint density at radius 3 is 2.82 bits per heavy atom. The van der Waals surface area contributed by atoms with Gasteiger partial charge in [0.1, 0.15) is 0 Å². The number of hydrogen-bond donors (Lipinski definition) is 1. The maximum Gasteiger partial charge on any atom is 0.276 e. The Hall–Kier alpha value is -2.25. The molecule has 1 aromatic carbocycles. The van der Waals surface area contributed by atoms with Gasteiger partial charge in [-0.1, -0.05) is 29.5 Å². The lowest BCUT2D eigenvalue weighted by Gasteiger charge is -2.33. The summed E-state index contributed by atoms with van der Waals surface area (Å²) in [5.41, 5.74) is 3.13. The van der Waals surface area contributed by atoms with Crippen LogP contribution in [0, 0.1) is 6.92 Å². The van der Waals surface area contributed by atoms with Crippen LogP contribution >= 0.6 is 0 Å². The number of likely N-dealkylation sites (tertiary alicyclic amines) is 1. The summed E-state index contributed by atoms with van der Waals surface area (Å²) >= 11 is 0. The molecule has 3 heterocycles. The molecule has 0 saturated carbocycles. The first-order valence-corrected chi connectivity index (χ1v) is 10.4. The zero-order valence-electron chi connectivity index (χ0n) is 16.7. The number of carbonyl (C=O) groups is 1. The molecule has 0 spiro atoms. The van der Waals surface area contributed by atoms with Crippen LogP contribution in [-0.2, 0) is 6.54 Å². The second-order valence-corrected chi connectivity index (χ2v) is 7.91. The lowest BCUT2D eigenvalue weighted by Crippen LogP contribution is -2.44. The minimum absolute atomic E-state index is 0.00621. The second-order valence-electron chi connectivity index (χ2n) is 7.91. The van der Waals surface area contributed by atoms with Crippen molar-refractivity contribution in [1.82, 2.24) is 30.1 Å². The highest BCUT2D eigenvalue weighted by molar-refractivity contribution is 5.92. The number of piperidine rings is 1. The standard InChI is InChI=1S/C21H30N6O/c1-17-5-2-3-7-19(17)18-6-4-10-26(15-18)21(28)20-16-27(24-23-20)14-13-25-11-8-22-9-12-25/h2-3,5,7,16,18,22H,4,6,8-15H2,1H3/t18-/m0/s1. The minimum atomic E-state index is 0.00621. The average molecular weight is 383 g/mol. The maximum absolute atomic E-state index is 13.0. The molecule has 1 aromatic heterocycles. The maximum atomic E-state index is 13.0. The monoisotopic (exact) mass is 382 g/mol. The van der Waals surface area contributed by atoms with Crippen LogP contribution in [0.2, 0.25) is 0 Å². The molecule has 7 nitrogen and oxygen atoms in total. The number of carbonyl (C=O) groups excluding carboxylic acids is 1. The Labute approximate surface area is 166 Å². The van der Waals surface area contributed by atoms with Gasteiger partial charge < -0.3 is 10.2 Å². The van der Waals surface area contributed by atoms with Crippen LogP contribution in [-0.4, -0.2) is 76.5 Å². The number of piperazine rings is 1. The van der Waals surface area contributed by atoms with Gasteiger partial charge in [0, 0.05) is 51.7 Å². The van der Waals surface area contributed by atoms with Gasteiger partial charge in [-0.05, 0) is 30.9 Å². The smallest absolute Gasteiger partial charge is 0.276 e. The summed E-state index contributed by atoms with van der Waals surface area (Å²) in [6.07, 6.45) is 3.97. The molecule has 2 fully saturated rings. The zero-order valence-corrected chi connectivity index (χ0v) is 16.7. The quantitative estimate of drug-likeness (QED) is 0.849. The van der Waals surface area contributed by atoms with Crippen molar-refractivity contribution in [3.05, 3.63) is 47.3 Å². The summed E-state index contributed by atoms with van der Waals surface area (Å²) < 4.78 is 1.80. The molecule has 1 N–H and O–H groups in total. The molecule has 1 amide bonds. The Kier molecular flexibility index (Phi) is 6.02. The molecule has 0 radical (unpaired) electrons. The number of rotatable bonds is 5. The van der Waals surface area contributed by atoms with Crippen molar-refractivity contribution in [3.8, 4) is 0 Å². The Morgan fingerprint density at radius 2 is 2.00 bits per heavy atom. The van der Waals surface area contributed by atoms with Crippen LogP contribution in [0.5, 0.6) is 0 Å². The SMILES string of the molecule is Cc1ccccc1[C@H]1CCCN(C(=O)c2cn(CCN3CCNCC3)nn2)C1. The van der Waals surface area contributed by atoms with Crippen molar-refractivity contribution in [1.29, 1.82) is 0 Å². The van der Waals surface area contributed by atoms with Crippen LogP contribution in [0.1, 0.15) is 40.4 Å². The Morgan fingerprint density at radius 1 is 1.18 bits per heavy atom. The predicted octanol–water partition coefficient (Wildman–Crippen LogP) is 1.51. The highest BCUT2D eigenvalue weighted by Crippen LogP contribution is 2.29. The van der Waals surface area contributed by atoms with Gasteiger partial charge in [-0.25, -0.2) is 0 Å². The number of benzene rings is 1. The third-order valence-electron chi connectivity index (χ3n) is 5.95. The van der Waals surface area contributed by atoms with Gasteiger partial charge in [-0.15, -0.1) is 5.10 Å². The summed E-state index contributed by atoms with van der Waals surface area (Å²) in [7, 11) is 0. The number of aromatic nitrogens is 3. The summed E-state index contributed by atoms with van der Waals surface area (Å²) in [5, 5.41) is 11.7. The van der Waals surface area contributed by atoms with Gasteiger partial charge in [0.05, 0.1) is 12.7 Å². The highest BCUT2D eigenvalue weighted by Gasteiger charge is 2.27. The molecule has 1 atom stereocenters. The van der Waals surface area contributed by atoms with Crippen LogP contribution in [0.15, 0.2) is 30.5 Å². The fourth-order valence-electron chi connectivity index (χ4n) is 4.31. The molecular formula is C21H30N6O. The molecule has 28 heavy (non-hydrogen) atoms. The van der Waals surface area contributed by atoms with E-state index in [0.717, 1.165) is 65.2 Å². The fraction of sp³-hybridized carbons (Fsp3) is 0.571. The number of hydrogen-bond acceptors (Lipinski definition) is 5. The van der Waals surface area contributed by atoms with Gasteiger partial charge in [-0.2, -0.15) is 0 Å². The van der Waals surface area contributed by atoms with E-state index in [0.29, 0.717) is 11.6 Å². The van der Waals surface area contributed by atoms with Crippen molar-refractivity contribution >= 4 is 5.91 Å². The molecule has 2 aliphatic rings. The van der Waals surface area contributed by atoms with Crippen LogP contribution in [0.4, 0.5) is 0 Å². The number of amides is 1. The van der Waals surface area contributed by atoms with E-state index in [1.54, 1.807) is 4.68 Å². The first-order valence-electron chi connectivity index (χ1n) is 10.4. The molecule has 4 rings (SSSR count). The lowest BCUT2D eigenvalue weighted by atomic mass is 9.88. The normalized spacial score (nSPS) is 21.0. The van der Waals surface area contributed by atoms with E-state index >= 15 is 0 Å². The Balaban J connectivity index is 1.36. The van der Waals surface area contributed by atoms with Crippen molar-refractivity contribution < 1.29 is 4.79 Å². The van der Waals surface area contributed by atoms with E-state index in [9.17, 15) is 4.79 Å². The molecular weight excluding hydrogens is 352 g/mol. The van der Waals surface area contributed by atoms with E-state index < -0.39 is 0 Å². The molecule has 0 bridgehead atoms. The van der Waals surface area contributed by atoms with Crippen molar-refractivity contribution in [2.24, 2.45) is 0 Å². The first kappa shape index (κ1) is 19.1. The summed E-state index contributed by atoms with van der Waals surface area (Å²) in [5.74, 6) is 0.411. The molecule has 150 valence electrons. The minimum Gasteiger partial charge on any atom is -0.337 e. The fourth-order valence-corrected chi connectivity index (χ4v) is 4.31. The summed E-state index contributed by atoms with van der Waals surface area (Å²) in [6, 6.07) is 8.51. The van der Waals surface area contributed by atoms with Crippen LogP contribution in [0.3, 0.4) is 0 Å². The predicted molar refractivity (Wildman–Crippen MR) is 108 cm³/mol. The molecule has 0 aliphatic carbocycles. The average Bonchev–Trinajstić information content (AvgIpc) is 3.22. The third kappa shape index (κ3) is 4.42.